The molecule has 0 spiro atoms. The van der Waals surface area contributed by atoms with Crippen LogP contribution < -0.4 is 5.56 Å². The van der Waals surface area contributed by atoms with Gasteiger partial charge in [-0.3, -0.25) is 9.35 Å². The minimum Gasteiger partial charge on any atom is -0.313 e. The predicted octanol–water partition coefficient (Wildman–Crippen LogP) is 0.170. The zero-order valence-electron chi connectivity index (χ0n) is 7.34. The van der Waals surface area contributed by atoms with Gasteiger partial charge in [0.1, 0.15) is 4.90 Å². The molecular formula is C8H6N2O4S. The maximum absolute atomic E-state index is 11.3. The van der Waals surface area contributed by atoms with E-state index in [9.17, 15) is 13.2 Å². The molecule has 0 aliphatic rings. The molecule has 0 fully saturated rings. The van der Waals surface area contributed by atoms with E-state index in [2.05, 4.69) is 9.97 Å². The lowest BCUT2D eigenvalue weighted by Crippen LogP contribution is -2.09. The minimum atomic E-state index is -4.36. The third kappa shape index (κ3) is 1.62. The second-order valence-corrected chi connectivity index (χ2v) is 4.25. The Bertz CT molecular complexity index is 674. The molecule has 2 aromatic rings. The van der Waals surface area contributed by atoms with Crippen molar-refractivity contribution in [3.05, 3.63) is 34.9 Å². The van der Waals surface area contributed by atoms with Crippen LogP contribution in [-0.2, 0) is 10.1 Å². The van der Waals surface area contributed by atoms with Crippen molar-refractivity contribution in [2.75, 3.05) is 0 Å². The van der Waals surface area contributed by atoms with E-state index >= 15 is 0 Å². The molecule has 0 unspecified atom stereocenters. The number of fused-ring (bicyclic) bond motifs is 1. The average molecular weight is 226 g/mol. The highest BCUT2D eigenvalue weighted by Gasteiger charge is 2.15. The predicted molar refractivity (Wildman–Crippen MR) is 52.2 cm³/mol. The third-order valence-electron chi connectivity index (χ3n) is 1.91. The standard InChI is InChI=1S/C8H6N2O4S/c11-8-5-2-1-3-6(15(12,13)14)7(5)9-4-10-8/h1-4H,(H,9,10,11)(H,12,13,14). The van der Waals surface area contributed by atoms with Crippen molar-refractivity contribution >= 4 is 21.0 Å². The monoisotopic (exact) mass is 226 g/mol. The lowest BCUT2D eigenvalue weighted by atomic mass is 10.2. The number of para-hydroxylation sites is 1. The normalized spacial score (nSPS) is 11.8. The van der Waals surface area contributed by atoms with Gasteiger partial charge in [-0.05, 0) is 12.1 Å². The van der Waals surface area contributed by atoms with E-state index < -0.39 is 15.7 Å². The number of nitrogens with one attached hydrogen (secondary N) is 1. The summed E-state index contributed by atoms with van der Waals surface area (Å²) in [7, 11) is -4.36. The van der Waals surface area contributed by atoms with Gasteiger partial charge in [-0.25, -0.2) is 4.98 Å². The summed E-state index contributed by atoms with van der Waals surface area (Å²) in [5.41, 5.74) is -0.491. The maximum atomic E-state index is 11.3. The highest BCUT2D eigenvalue weighted by atomic mass is 32.2. The highest BCUT2D eigenvalue weighted by molar-refractivity contribution is 7.86. The quantitative estimate of drug-likeness (QED) is 0.675. The molecule has 15 heavy (non-hydrogen) atoms. The summed E-state index contributed by atoms with van der Waals surface area (Å²) in [4.78, 5) is 16.9. The third-order valence-corrected chi connectivity index (χ3v) is 2.80. The Morgan fingerprint density at radius 2 is 2.07 bits per heavy atom. The summed E-state index contributed by atoms with van der Waals surface area (Å²) >= 11 is 0. The van der Waals surface area contributed by atoms with Gasteiger partial charge in [0.25, 0.3) is 15.7 Å². The van der Waals surface area contributed by atoms with Gasteiger partial charge in [-0.1, -0.05) is 6.07 Å². The molecule has 7 heteroatoms. The van der Waals surface area contributed by atoms with E-state index in [1.165, 1.54) is 18.2 Å². The van der Waals surface area contributed by atoms with Crippen LogP contribution in [0.4, 0.5) is 0 Å². The number of aromatic nitrogens is 2. The van der Waals surface area contributed by atoms with Gasteiger partial charge in [0.2, 0.25) is 0 Å². The number of hydrogen-bond acceptors (Lipinski definition) is 4. The second-order valence-electron chi connectivity index (χ2n) is 2.86. The van der Waals surface area contributed by atoms with Gasteiger partial charge < -0.3 is 4.98 Å². The number of rotatable bonds is 1. The molecular weight excluding hydrogens is 220 g/mol. The number of hydrogen-bond donors (Lipinski definition) is 2. The van der Waals surface area contributed by atoms with Crippen molar-refractivity contribution in [1.82, 2.24) is 9.97 Å². The largest absolute Gasteiger partial charge is 0.313 e. The van der Waals surface area contributed by atoms with Gasteiger partial charge in [0.05, 0.1) is 17.2 Å². The number of H-pyrrole nitrogens is 1. The average Bonchev–Trinajstić information content (AvgIpc) is 2.16. The smallest absolute Gasteiger partial charge is 0.296 e. The minimum absolute atomic E-state index is 0.0382. The molecule has 0 saturated heterocycles. The van der Waals surface area contributed by atoms with E-state index in [-0.39, 0.29) is 15.8 Å². The van der Waals surface area contributed by atoms with Crippen molar-refractivity contribution in [3.8, 4) is 0 Å². The zero-order chi connectivity index (χ0) is 11.1. The van der Waals surface area contributed by atoms with Gasteiger partial charge in [-0.2, -0.15) is 8.42 Å². The molecule has 0 radical (unpaired) electrons. The van der Waals surface area contributed by atoms with Crippen LogP contribution in [0.15, 0.2) is 34.2 Å². The fourth-order valence-electron chi connectivity index (χ4n) is 1.28. The maximum Gasteiger partial charge on any atom is 0.296 e. The molecule has 0 aliphatic heterocycles. The fraction of sp³-hybridized carbons (Fsp3) is 0. The first kappa shape index (κ1) is 9.81. The molecule has 2 N–H and O–H groups in total. The van der Waals surface area contributed by atoms with Crippen LogP contribution >= 0.6 is 0 Å². The molecule has 0 atom stereocenters. The first-order chi connectivity index (χ1) is 7.00. The summed E-state index contributed by atoms with van der Waals surface area (Å²) < 4.78 is 30.8. The molecule has 6 nitrogen and oxygen atoms in total. The Morgan fingerprint density at radius 3 is 2.73 bits per heavy atom. The molecule has 0 saturated carbocycles. The second kappa shape index (κ2) is 3.14. The van der Waals surface area contributed by atoms with Gasteiger partial charge in [-0.15, -0.1) is 0 Å². The van der Waals surface area contributed by atoms with Crippen molar-refractivity contribution in [2.24, 2.45) is 0 Å². The molecule has 0 bridgehead atoms. The summed E-state index contributed by atoms with van der Waals surface area (Å²) in [5, 5.41) is 0.118. The lowest BCUT2D eigenvalue weighted by Gasteiger charge is -2.00. The summed E-state index contributed by atoms with van der Waals surface area (Å²) in [6.45, 7) is 0. The molecule has 0 aliphatic carbocycles. The van der Waals surface area contributed by atoms with Crippen LogP contribution in [0.2, 0.25) is 0 Å². The van der Waals surface area contributed by atoms with E-state index in [4.69, 9.17) is 4.55 Å². The first-order valence-electron chi connectivity index (χ1n) is 3.94. The Kier molecular flexibility index (Phi) is 2.06. The lowest BCUT2D eigenvalue weighted by molar-refractivity contribution is 0.484. The van der Waals surface area contributed by atoms with Crippen molar-refractivity contribution < 1.29 is 13.0 Å². The van der Waals surface area contributed by atoms with Crippen molar-refractivity contribution in [3.63, 3.8) is 0 Å². The molecule has 78 valence electrons. The summed E-state index contributed by atoms with van der Waals surface area (Å²) in [6, 6.07) is 3.97. The van der Waals surface area contributed by atoms with E-state index in [1.54, 1.807) is 0 Å². The number of nitrogens with zero attached hydrogens (tertiary/aromatic N) is 1. The van der Waals surface area contributed by atoms with Crippen LogP contribution in [0, 0.1) is 0 Å². The Hall–Kier alpha value is -1.73. The van der Waals surface area contributed by atoms with Crippen LogP contribution in [0.1, 0.15) is 0 Å². The van der Waals surface area contributed by atoms with Gasteiger partial charge in [0.15, 0.2) is 0 Å². The first-order valence-corrected chi connectivity index (χ1v) is 5.38. The van der Waals surface area contributed by atoms with Gasteiger partial charge >= 0.3 is 0 Å². The highest BCUT2D eigenvalue weighted by Crippen LogP contribution is 2.17. The number of aromatic amines is 1. The van der Waals surface area contributed by atoms with E-state index in [1.807, 2.05) is 0 Å². The number of benzene rings is 1. The van der Waals surface area contributed by atoms with Crippen LogP contribution in [0.5, 0.6) is 0 Å². The molecule has 0 amide bonds. The topological polar surface area (TPSA) is 100 Å². The fourth-order valence-corrected chi connectivity index (χ4v) is 1.94. The summed E-state index contributed by atoms with van der Waals surface area (Å²) in [5.74, 6) is 0. The van der Waals surface area contributed by atoms with Gasteiger partial charge in [0, 0.05) is 0 Å². The molecule has 1 aromatic carbocycles. The molecule has 1 aromatic heterocycles. The Labute approximate surface area is 84.3 Å². The van der Waals surface area contributed by atoms with Crippen LogP contribution in [0.25, 0.3) is 10.9 Å². The van der Waals surface area contributed by atoms with E-state index in [0.717, 1.165) is 6.33 Å². The summed E-state index contributed by atoms with van der Waals surface area (Å²) in [6.07, 6.45) is 1.08. The Balaban J connectivity index is 3.02. The SMILES string of the molecule is O=c1[nH]cnc2c(S(=O)(=O)O)cccc12. The molecule has 1 heterocycles. The van der Waals surface area contributed by atoms with Crippen LogP contribution in [0.3, 0.4) is 0 Å². The Morgan fingerprint density at radius 1 is 1.33 bits per heavy atom. The molecule has 2 rings (SSSR count). The van der Waals surface area contributed by atoms with Crippen molar-refractivity contribution in [2.45, 2.75) is 4.90 Å². The zero-order valence-corrected chi connectivity index (χ0v) is 8.15. The van der Waals surface area contributed by atoms with E-state index in [0.29, 0.717) is 0 Å². The van der Waals surface area contributed by atoms with Crippen molar-refractivity contribution in [1.29, 1.82) is 0 Å². The van der Waals surface area contributed by atoms with Crippen LogP contribution in [-0.4, -0.2) is 22.9 Å².